The van der Waals surface area contributed by atoms with Gasteiger partial charge in [0, 0.05) is 24.7 Å². The molecule has 0 unspecified atom stereocenters. The Balaban J connectivity index is 1.50. The van der Waals surface area contributed by atoms with Crippen LogP contribution in [-0.2, 0) is 5.41 Å². The largest absolute Gasteiger partial charge is 0.363 e. The summed E-state index contributed by atoms with van der Waals surface area (Å²) in [4.78, 5) is 13.7. The minimum atomic E-state index is -0.899. The Bertz CT molecular complexity index is 964. The smallest absolute Gasteiger partial charge is 0.155 e. The van der Waals surface area contributed by atoms with E-state index in [2.05, 4.69) is 38.7 Å². The van der Waals surface area contributed by atoms with Gasteiger partial charge in [0.15, 0.2) is 5.65 Å². The number of hydrogen-bond acceptors (Lipinski definition) is 5. The number of rotatable bonds is 4. The lowest BCUT2D eigenvalue weighted by atomic mass is 10.1. The van der Waals surface area contributed by atoms with Crippen LogP contribution in [0.5, 0.6) is 0 Å². The van der Waals surface area contributed by atoms with Crippen molar-refractivity contribution in [3.05, 3.63) is 42.5 Å². The third kappa shape index (κ3) is 2.63. The first-order valence-electron chi connectivity index (χ1n) is 9.05. The summed E-state index contributed by atoms with van der Waals surface area (Å²) in [5.41, 5.74) is 3.81. The molecule has 3 aromatic heterocycles. The quantitative estimate of drug-likeness (QED) is 0.755. The summed E-state index contributed by atoms with van der Waals surface area (Å²) >= 11 is 0. The fraction of sp³-hybridized carbons (Fsp3) is 0.421. The molecule has 3 aromatic rings. The van der Waals surface area contributed by atoms with Crippen LogP contribution in [0.15, 0.2) is 36.8 Å². The van der Waals surface area contributed by atoms with Crippen molar-refractivity contribution in [2.24, 2.45) is 0 Å². The summed E-state index contributed by atoms with van der Waals surface area (Å²) in [5.74, 6) is 0.678. The number of halogens is 1. The second-order valence-electron chi connectivity index (χ2n) is 7.54. The summed E-state index contributed by atoms with van der Waals surface area (Å²) in [5, 5.41) is 6.24. The van der Waals surface area contributed by atoms with Crippen molar-refractivity contribution >= 4 is 11.5 Å². The second kappa shape index (κ2) is 5.74. The standard InChI is InChI=1S/C19H21FN6/c1-19(5-6-19)16-11-26-15(9-23-18(26)10-22-16)13-3-2-4-17(24-13)25-14-8-21-7-12(14)20/h2-4,9-12,14,21H,5-8H2,1H3,(H,24,25)/t12-,14-/m0/s1. The molecule has 134 valence electrons. The molecule has 7 heteroatoms. The normalized spacial score (nSPS) is 24.1. The van der Waals surface area contributed by atoms with E-state index in [4.69, 9.17) is 0 Å². The molecular formula is C19H21FN6. The predicted molar refractivity (Wildman–Crippen MR) is 98.0 cm³/mol. The zero-order valence-corrected chi connectivity index (χ0v) is 14.6. The average Bonchev–Trinajstić information content (AvgIpc) is 3.08. The maximum absolute atomic E-state index is 13.8. The van der Waals surface area contributed by atoms with Crippen molar-refractivity contribution in [3.63, 3.8) is 0 Å². The predicted octanol–water partition coefficient (Wildman–Crippen LogP) is 2.56. The van der Waals surface area contributed by atoms with Crippen LogP contribution in [0.4, 0.5) is 10.2 Å². The topological polar surface area (TPSA) is 67.1 Å². The number of nitrogens with one attached hydrogen (secondary N) is 2. The molecule has 0 bridgehead atoms. The van der Waals surface area contributed by atoms with E-state index in [0.29, 0.717) is 18.9 Å². The SMILES string of the molecule is CC1(c2cn3c(-c4cccc(N[C@H]5CNC[C@@H]5F)n4)cnc3cn2)CC1. The van der Waals surface area contributed by atoms with Crippen molar-refractivity contribution < 1.29 is 4.39 Å². The van der Waals surface area contributed by atoms with E-state index in [-0.39, 0.29) is 11.5 Å². The molecule has 0 radical (unpaired) electrons. The maximum atomic E-state index is 13.8. The van der Waals surface area contributed by atoms with E-state index in [1.165, 1.54) is 12.8 Å². The number of pyridine rings is 1. The lowest BCUT2D eigenvalue weighted by Crippen LogP contribution is -2.29. The molecule has 2 N–H and O–H groups in total. The molecule has 1 aliphatic carbocycles. The van der Waals surface area contributed by atoms with E-state index >= 15 is 0 Å². The van der Waals surface area contributed by atoms with Gasteiger partial charge in [-0.1, -0.05) is 13.0 Å². The monoisotopic (exact) mass is 352 g/mol. The molecule has 4 heterocycles. The van der Waals surface area contributed by atoms with Gasteiger partial charge in [0.25, 0.3) is 0 Å². The third-order valence-electron chi connectivity index (χ3n) is 5.50. The minimum Gasteiger partial charge on any atom is -0.363 e. The molecule has 0 amide bonds. The highest BCUT2D eigenvalue weighted by Gasteiger charge is 2.40. The van der Waals surface area contributed by atoms with Crippen LogP contribution in [0.3, 0.4) is 0 Å². The van der Waals surface area contributed by atoms with Gasteiger partial charge in [-0.05, 0) is 25.0 Å². The minimum absolute atomic E-state index is 0.193. The molecular weight excluding hydrogens is 331 g/mol. The Kier molecular flexibility index (Phi) is 3.46. The Morgan fingerprint density at radius 2 is 2.12 bits per heavy atom. The summed E-state index contributed by atoms with van der Waals surface area (Å²) in [6.07, 6.45) is 7.16. The lowest BCUT2D eigenvalue weighted by molar-refractivity contribution is 0.342. The van der Waals surface area contributed by atoms with Gasteiger partial charge in [-0.3, -0.25) is 9.38 Å². The van der Waals surface area contributed by atoms with Crippen LogP contribution in [0, 0.1) is 0 Å². The first kappa shape index (κ1) is 15.7. The molecule has 1 saturated carbocycles. The van der Waals surface area contributed by atoms with Gasteiger partial charge in [-0.15, -0.1) is 0 Å². The van der Waals surface area contributed by atoms with E-state index < -0.39 is 6.17 Å². The molecule has 5 rings (SSSR count). The summed E-state index contributed by atoms with van der Waals surface area (Å²) in [7, 11) is 0. The van der Waals surface area contributed by atoms with Gasteiger partial charge in [-0.25, -0.2) is 14.4 Å². The van der Waals surface area contributed by atoms with E-state index in [0.717, 1.165) is 22.7 Å². The van der Waals surface area contributed by atoms with Crippen LogP contribution >= 0.6 is 0 Å². The number of anilines is 1. The molecule has 1 saturated heterocycles. The highest BCUT2D eigenvalue weighted by atomic mass is 19.1. The number of hydrogen-bond donors (Lipinski definition) is 2. The maximum Gasteiger partial charge on any atom is 0.155 e. The number of aromatic nitrogens is 4. The molecule has 2 atom stereocenters. The molecule has 2 fully saturated rings. The molecule has 1 aliphatic heterocycles. The zero-order chi connectivity index (χ0) is 17.7. The van der Waals surface area contributed by atoms with Gasteiger partial charge < -0.3 is 10.6 Å². The van der Waals surface area contributed by atoms with Crippen LogP contribution in [0.25, 0.3) is 17.0 Å². The van der Waals surface area contributed by atoms with E-state index in [1.807, 2.05) is 35.0 Å². The molecule has 0 spiro atoms. The van der Waals surface area contributed by atoms with Crippen molar-refractivity contribution in [2.75, 3.05) is 18.4 Å². The Labute approximate surface area is 150 Å². The van der Waals surface area contributed by atoms with Gasteiger partial charge >= 0.3 is 0 Å². The second-order valence-corrected chi connectivity index (χ2v) is 7.54. The fourth-order valence-electron chi connectivity index (χ4n) is 3.47. The molecule has 0 aromatic carbocycles. The van der Waals surface area contributed by atoms with Crippen molar-refractivity contribution in [2.45, 2.75) is 37.4 Å². The lowest BCUT2D eigenvalue weighted by Gasteiger charge is -2.15. The summed E-state index contributed by atoms with van der Waals surface area (Å²) in [6.45, 7) is 3.24. The summed E-state index contributed by atoms with van der Waals surface area (Å²) < 4.78 is 15.9. The van der Waals surface area contributed by atoms with Crippen molar-refractivity contribution in [1.82, 2.24) is 24.7 Å². The first-order valence-corrected chi connectivity index (χ1v) is 9.05. The first-order chi connectivity index (χ1) is 12.6. The molecule has 6 nitrogen and oxygen atoms in total. The fourth-order valence-corrected chi connectivity index (χ4v) is 3.47. The van der Waals surface area contributed by atoms with Crippen molar-refractivity contribution in [3.8, 4) is 11.4 Å². The summed E-state index contributed by atoms with van der Waals surface area (Å²) in [6, 6.07) is 5.51. The van der Waals surface area contributed by atoms with E-state index in [1.54, 1.807) is 0 Å². The third-order valence-corrected chi connectivity index (χ3v) is 5.50. The number of imidazole rings is 1. The molecule has 26 heavy (non-hydrogen) atoms. The zero-order valence-electron chi connectivity index (χ0n) is 14.6. The van der Waals surface area contributed by atoms with Gasteiger partial charge in [-0.2, -0.15) is 0 Å². The van der Waals surface area contributed by atoms with Crippen molar-refractivity contribution in [1.29, 1.82) is 0 Å². The van der Waals surface area contributed by atoms with Crippen LogP contribution in [-0.4, -0.2) is 44.7 Å². The highest BCUT2D eigenvalue weighted by Crippen LogP contribution is 2.46. The average molecular weight is 352 g/mol. The number of fused-ring (bicyclic) bond motifs is 1. The van der Waals surface area contributed by atoms with Gasteiger partial charge in [0.2, 0.25) is 0 Å². The van der Waals surface area contributed by atoms with Gasteiger partial charge in [0.05, 0.1) is 35.5 Å². The number of nitrogens with zero attached hydrogens (tertiary/aromatic N) is 4. The van der Waals surface area contributed by atoms with E-state index in [9.17, 15) is 4.39 Å². The highest BCUT2D eigenvalue weighted by molar-refractivity contribution is 5.62. The molecule has 2 aliphatic rings. The Morgan fingerprint density at radius 3 is 2.88 bits per heavy atom. The van der Waals surface area contributed by atoms with Crippen LogP contribution < -0.4 is 10.6 Å². The van der Waals surface area contributed by atoms with Crippen LogP contribution in [0.2, 0.25) is 0 Å². The van der Waals surface area contributed by atoms with Gasteiger partial charge in [0.1, 0.15) is 12.0 Å². The Hall–Kier alpha value is -2.54. The number of alkyl halides is 1. The Morgan fingerprint density at radius 1 is 1.23 bits per heavy atom. The van der Waals surface area contributed by atoms with Crippen LogP contribution in [0.1, 0.15) is 25.5 Å².